The highest BCUT2D eigenvalue weighted by molar-refractivity contribution is 14.0. The molecule has 0 atom stereocenters. The molecule has 1 heterocycles. The number of halogens is 1. The minimum Gasteiger partial charge on any atom is -0.493 e. The van der Waals surface area contributed by atoms with E-state index < -0.39 is 0 Å². The Balaban J connectivity index is 0.00000288. The van der Waals surface area contributed by atoms with Crippen molar-refractivity contribution >= 4 is 29.9 Å². The predicted octanol–water partition coefficient (Wildman–Crippen LogP) is 1.88. The number of hydrogen-bond donors (Lipinski definition) is 2. The Hall–Kier alpha value is -2.04. The van der Waals surface area contributed by atoms with E-state index in [-0.39, 0.29) is 24.0 Å². The minimum atomic E-state index is 0. The lowest BCUT2D eigenvalue weighted by Gasteiger charge is -2.12. The van der Waals surface area contributed by atoms with E-state index >= 15 is 0 Å². The molecule has 0 bridgehead atoms. The van der Waals surface area contributed by atoms with Gasteiger partial charge < -0.3 is 24.6 Å². The molecule has 0 amide bonds. The summed E-state index contributed by atoms with van der Waals surface area (Å²) in [5.74, 6) is 3.14. The highest BCUT2D eigenvalue weighted by Crippen LogP contribution is 2.27. The summed E-state index contributed by atoms with van der Waals surface area (Å²) in [4.78, 5) is 8.27. The van der Waals surface area contributed by atoms with Gasteiger partial charge in [0.2, 0.25) is 5.89 Å². The van der Waals surface area contributed by atoms with Crippen LogP contribution >= 0.6 is 24.0 Å². The molecule has 1 aromatic heterocycles. The van der Waals surface area contributed by atoms with Crippen LogP contribution in [0.5, 0.6) is 11.5 Å². The molecular weight excluding hydrogens is 425 g/mol. The SMILES string of the molecule is CN=C(NCc1ccc(OC)c(OC)c1)NCc1nc(C)no1.I. The van der Waals surface area contributed by atoms with Crippen molar-refractivity contribution in [3.63, 3.8) is 0 Å². The van der Waals surface area contributed by atoms with Crippen molar-refractivity contribution in [2.75, 3.05) is 21.3 Å². The van der Waals surface area contributed by atoms with Gasteiger partial charge in [-0.1, -0.05) is 11.2 Å². The van der Waals surface area contributed by atoms with Gasteiger partial charge in [-0.15, -0.1) is 24.0 Å². The van der Waals surface area contributed by atoms with Gasteiger partial charge in [0.25, 0.3) is 0 Å². The first-order chi connectivity index (χ1) is 11.2. The third-order valence-electron chi connectivity index (χ3n) is 3.11. The third kappa shape index (κ3) is 5.55. The molecule has 0 fully saturated rings. The Bertz CT molecular complexity index is 675. The number of hydrogen-bond acceptors (Lipinski definition) is 6. The van der Waals surface area contributed by atoms with Crippen LogP contribution in [0.2, 0.25) is 0 Å². The standard InChI is InChI=1S/C15H21N5O3.HI/c1-10-19-14(23-20-10)9-18-15(16-2)17-8-11-5-6-12(21-3)13(7-11)22-4;/h5-7H,8-9H2,1-4H3,(H2,16,17,18);1H. The van der Waals surface area contributed by atoms with Crippen LogP contribution in [0.1, 0.15) is 17.3 Å². The number of guanidine groups is 1. The second-order valence-electron chi connectivity index (χ2n) is 4.70. The highest BCUT2D eigenvalue weighted by atomic mass is 127. The molecule has 24 heavy (non-hydrogen) atoms. The van der Waals surface area contributed by atoms with Gasteiger partial charge >= 0.3 is 0 Å². The number of nitrogens with one attached hydrogen (secondary N) is 2. The number of aryl methyl sites for hydroxylation is 1. The van der Waals surface area contributed by atoms with Gasteiger partial charge in [0, 0.05) is 13.6 Å². The maximum absolute atomic E-state index is 5.29. The summed E-state index contributed by atoms with van der Waals surface area (Å²) < 4.78 is 15.6. The van der Waals surface area contributed by atoms with Crippen LogP contribution in [-0.4, -0.2) is 37.4 Å². The quantitative estimate of drug-likeness (QED) is 0.397. The fraction of sp³-hybridized carbons (Fsp3) is 0.400. The maximum atomic E-state index is 5.29. The Labute approximate surface area is 158 Å². The summed E-state index contributed by atoms with van der Waals surface area (Å²) >= 11 is 0. The zero-order valence-electron chi connectivity index (χ0n) is 14.1. The fourth-order valence-corrected chi connectivity index (χ4v) is 1.97. The summed E-state index contributed by atoms with van der Waals surface area (Å²) in [5.41, 5.74) is 1.04. The van der Waals surface area contributed by atoms with Gasteiger partial charge in [-0.05, 0) is 24.6 Å². The molecule has 9 heteroatoms. The molecule has 2 aromatic rings. The number of methoxy groups -OCH3 is 2. The zero-order chi connectivity index (χ0) is 16.7. The fourth-order valence-electron chi connectivity index (χ4n) is 1.97. The first kappa shape index (κ1) is 20.0. The molecule has 2 rings (SSSR count). The first-order valence-corrected chi connectivity index (χ1v) is 7.11. The Morgan fingerprint density at radius 3 is 2.46 bits per heavy atom. The number of aromatic nitrogens is 2. The van der Waals surface area contributed by atoms with Crippen molar-refractivity contribution in [1.82, 2.24) is 20.8 Å². The molecule has 0 aliphatic rings. The lowest BCUT2D eigenvalue weighted by atomic mass is 10.2. The number of rotatable bonds is 6. The van der Waals surface area contributed by atoms with Crippen LogP contribution in [0.3, 0.4) is 0 Å². The number of benzene rings is 1. The monoisotopic (exact) mass is 447 g/mol. The molecule has 2 N–H and O–H groups in total. The molecule has 132 valence electrons. The van der Waals surface area contributed by atoms with Crippen LogP contribution in [0.4, 0.5) is 0 Å². The molecule has 0 unspecified atom stereocenters. The second kappa shape index (κ2) is 9.96. The zero-order valence-corrected chi connectivity index (χ0v) is 16.5. The van der Waals surface area contributed by atoms with Gasteiger partial charge in [0.1, 0.15) is 0 Å². The molecule has 0 spiro atoms. The molecule has 0 radical (unpaired) electrons. The average molecular weight is 447 g/mol. The summed E-state index contributed by atoms with van der Waals surface area (Å²) in [5, 5.41) is 10.0. The summed E-state index contributed by atoms with van der Waals surface area (Å²) in [6.07, 6.45) is 0. The molecule has 8 nitrogen and oxygen atoms in total. The predicted molar refractivity (Wildman–Crippen MR) is 101 cm³/mol. The Morgan fingerprint density at radius 2 is 1.88 bits per heavy atom. The van der Waals surface area contributed by atoms with Crippen molar-refractivity contribution in [3.8, 4) is 11.5 Å². The van der Waals surface area contributed by atoms with Crippen LogP contribution in [0, 0.1) is 6.92 Å². The molecule has 0 saturated carbocycles. The van der Waals surface area contributed by atoms with E-state index in [1.807, 2.05) is 18.2 Å². The van der Waals surface area contributed by atoms with Crippen molar-refractivity contribution in [3.05, 3.63) is 35.5 Å². The van der Waals surface area contributed by atoms with Crippen LogP contribution in [0.25, 0.3) is 0 Å². The van der Waals surface area contributed by atoms with Crippen molar-refractivity contribution in [2.45, 2.75) is 20.0 Å². The van der Waals surface area contributed by atoms with E-state index in [4.69, 9.17) is 14.0 Å². The van der Waals surface area contributed by atoms with Crippen molar-refractivity contribution in [2.24, 2.45) is 4.99 Å². The van der Waals surface area contributed by atoms with Gasteiger partial charge in [0.15, 0.2) is 23.3 Å². The van der Waals surface area contributed by atoms with Crippen LogP contribution in [-0.2, 0) is 13.1 Å². The van der Waals surface area contributed by atoms with Gasteiger partial charge in [-0.2, -0.15) is 4.98 Å². The number of ether oxygens (including phenoxy) is 2. The number of nitrogens with zero attached hydrogens (tertiary/aromatic N) is 3. The maximum Gasteiger partial charge on any atom is 0.246 e. The van der Waals surface area contributed by atoms with E-state index in [1.165, 1.54) is 0 Å². The van der Waals surface area contributed by atoms with E-state index in [9.17, 15) is 0 Å². The summed E-state index contributed by atoms with van der Waals surface area (Å²) in [6, 6.07) is 5.75. The van der Waals surface area contributed by atoms with E-state index in [2.05, 4.69) is 25.8 Å². The van der Waals surface area contributed by atoms with E-state index in [0.29, 0.717) is 42.3 Å². The van der Waals surface area contributed by atoms with E-state index in [1.54, 1.807) is 28.2 Å². The van der Waals surface area contributed by atoms with Crippen molar-refractivity contribution in [1.29, 1.82) is 0 Å². The van der Waals surface area contributed by atoms with E-state index in [0.717, 1.165) is 5.56 Å². The third-order valence-corrected chi connectivity index (χ3v) is 3.11. The van der Waals surface area contributed by atoms with Crippen LogP contribution in [0.15, 0.2) is 27.7 Å². The normalized spacial score (nSPS) is 10.8. The molecular formula is C15H22IN5O3. The van der Waals surface area contributed by atoms with Crippen molar-refractivity contribution < 1.29 is 14.0 Å². The highest BCUT2D eigenvalue weighted by Gasteiger charge is 2.07. The molecule has 0 aliphatic heterocycles. The molecule has 0 aliphatic carbocycles. The Kier molecular flexibility index (Phi) is 8.30. The largest absolute Gasteiger partial charge is 0.493 e. The smallest absolute Gasteiger partial charge is 0.246 e. The summed E-state index contributed by atoms with van der Waals surface area (Å²) in [7, 11) is 4.92. The average Bonchev–Trinajstić information content (AvgIpc) is 3.00. The van der Waals surface area contributed by atoms with Gasteiger partial charge in [-0.3, -0.25) is 4.99 Å². The topological polar surface area (TPSA) is 93.8 Å². The second-order valence-corrected chi connectivity index (χ2v) is 4.70. The Morgan fingerprint density at radius 1 is 1.17 bits per heavy atom. The molecule has 1 aromatic carbocycles. The minimum absolute atomic E-state index is 0. The van der Waals surface area contributed by atoms with Gasteiger partial charge in [-0.25, -0.2) is 0 Å². The summed E-state index contributed by atoms with van der Waals surface area (Å²) in [6.45, 7) is 2.77. The lowest BCUT2D eigenvalue weighted by Crippen LogP contribution is -2.36. The van der Waals surface area contributed by atoms with Crippen LogP contribution < -0.4 is 20.1 Å². The molecule has 0 saturated heterocycles. The van der Waals surface area contributed by atoms with Gasteiger partial charge in [0.05, 0.1) is 20.8 Å². The lowest BCUT2D eigenvalue weighted by molar-refractivity contribution is 0.354. The number of aliphatic imine (C=N–C) groups is 1. The first-order valence-electron chi connectivity index (χ1n) is 7.11.